The first-order valence-electron chi connectivity index (χ1n) is 5.33. The minimum absolute atomic E-state index is 0.124. The van der Waals surface area contributed by atoms with Crippen molar-refractivity contribution in [2.45, 2.75) is 32.4 Å². The lowest BCUT2D eigenvalue weighted by atomic mass is 9.96. The zero-order valence-electron chi connectivity index (χ0n) is 8.99. The first-order chi connectivity index (χ1) is 6.69. The Kier molecular flexibility index (Phi) is 4.35. The maximum atomic E-state index is 10.7. The molecule has 0 aromatic rings. The molecule has 0 aliphatic carbocycles. The fourth-order valence-electron chi connectivity index (χ4n) is 2.10. The number of hydrogen-bond donors (Lipinski definition) is 2. The SMILES string of the molecule is CCC(NC)N1CCC(C(=O)O)CC1. The van der Waals surface area contributed by atoms with Crippen LogP contribution >= 0.6 is 0 Å². The Labute approximate surface area is 85.3 Å². The molecule has 1 rings (SSSR count). The van der Waals surface area contributed by atoms with Crippen molar-refractivity contribution >= 4 is 5.97 Å². The van der Waals surface area contributed by atoms with Gasteiger partial charge in [-0.05, 0) is 26.3 Å². The van der Waals surface area contributed by atoms with Crippen LogP contribution in [-0.4, -0.2) is 42.3 Å². The zero-order valence-corrected chi connectivity index (χ0v) is 8.99. The van der Waals surface area contributed by atoms with Crippen LogP contribution in [0.3, 0.4) is 0 Å². The van der Waals surface area contributed by atoms with Crippen molar-refractivity contribution in [2.24, 2.45) is 5.92 Å². The molecule has 14 heavy (non-hydrogen) atoms. The molecule has 1 unspecified atom stereocenters. The van der Waals surface area contributed by atoms with Crippen LogP contribution in [0.25, 0.3) is 0 Å². The molecule has 4 heteroatoms. The van der Waals surface area contributed by atoms with Crippen molar-refractivity contribution in [3.8, 4) is 0 Å². The third kappa shape index (κ3) is 2.69. The molecule has 4 nitrogen and oxygen atoms in total. The van der Waals surface area contributed by atoms with Crippen molar-refractivity contribution in [3.63, 3.8) is 0 Å². The molecule has 1 saturated heterocycles. The van der Waals surface area contributed by atoms with Crippen molar-refractivity contribution in [2.75, 3.05) is 20.1 Å². The van der Waals surface area contributed by atoms with Gasteiger partial charge in [-0.15, -0.1) is 0 Å². The van der Waals surface area contributed by atoms with Gasteiger partial charge in [-0.25, -0.2) is 0 Å². The van der Waals surface area contributed by atoms with E-state index in [1.807, 2.05) is 7.05 Å². The molecule has 0 bridgehead atoms. The maximum absolute atomic E-state index is 10.7. The fraction of sp³-hybridized carbons (Fsp3) is 0.900. The highest BCUT2D eigenvalue weighted by Crippen LogP contribution is 2.19. The summed E-state index contributed by atoms with van der Waals surface area (Å²) in [6.45, 7) is 3.94. The number of carboxylic acid groups (broad SMARTS) is 1. The summed E-state index contributed by atoms with van der Waals surface area (Å²) in [4.78, 5) is 13.1. The molecule has 2 N–H and O–H groups in total. The summed E-state index contributed by atoms with van der Waals surface area (Å²) in [7, 11) is 1.96. The number of aliphatic carboxylic acids is 1. The minimum Gasteiger partial charge on any atom is -0.481 e. The summed E-state index contributed by atoms with van der Waals surface area (Å²) >= 11 is 0. The van der Waals surface area contributed by atoms with Gasteiger partial charge in [0.1, 0.15) is 0 Å². The van der Waals surface area contributed by atoms with Gasteiger partial charge in [-0.2, -0.15) is 0 Å². The second-order valence-electron chi connectivity index (χ2n) is 3.86. The summed E-state index contributed by atoms with van der Waals surface area (Å²) in [6, 6.07) is 0. The van der Waals surface area contributed by atoms with Crippen molar-refractivity contribution in [1.29, 1.82) is 0 Å². The predicted octanol–water partition coefficient (Wildman–Crippen LogP) is 0.738. The molecule has 0 aromatic carbocycles. The van der Waals surface area contributed by atoms with Crippen LogP contribution < -0.4 is 5.32 Å². The van der Waals surface area contributed by atoms with Crippen molar-refractivity contribution in [1.82, 2.24) is 10.2 Å². The van der Waals surface area contributed by atoms with Crippen LogP contribution in [0.1, 0.15) is 26.2 Å². The highest BCUT2D eigenvalue weighted by atomic mass is 16.4. The molecule has 82 valence electrons. The second kappa shape index (κ2) is 5.32. The lowest BCUT2D eigenvalue weighted by Crippen LogP contribution is -2.48. The largest absolute Gasteiger partial charge is 0.481 e. The Hall–Kier alpha value is -0.610. The average Bonchev–Trinajstić information content (AvgIpc) is 2.20. The van der Waals surface area contributed by atoms with Crippen LogP contribution in [0.15, 0.2) is 0 Å². The number of hydrogen-bond acceptors (Lipinski definition) is 3. The Balaban J connectivity index is 2.38. The molecular weight excluding hydrogens is 180 g/mol. The summed E-state index contributed by atoms with van der Waals surface area (Å²) in [5.41, 5.74) is 0. The molecule has 0 radical (unpaired) electrons. The lowest BCUT2D eigenvalue weighted by molar-refractivity contribution is -0.143. The molecule has 0 amide bonds. The number of likely N-dealkylation sites (tertiary alicyclic amines) is 1. The number of rotatable bonds is 4. The Morgan fingerprint density at radius 1 is 1.57 bits per heavy atom. The van der Waals surface area contributed by atoms with E-state index in [2.05, 4.69) is 17.1 Å². The van der Waals surface area contributed by atoms with Gasteiger partial charge in [-0.1, -0.05) is 6.92 Å². The van der Waals surface area contributed by atoms with Crippen LogP contribution in [0, 0.1) is 5.92 Å². The van der Waals surface area contributed by atoms with E-state index in [-0.39, 0.29) is 5.92 Å². The van der Waals surface area contributed by atoms with E-state index in [4.69, 9.17) is 5.11 Å². The molecule has 1 fully saturated rings. The third-order valence-electron chi connectivity index (χ3n) is 3.04. The highest BCUT2D eigenvalue weighted by Gasteiger charge is 2.26. The minimum atomic E-state index is -0.637. The lowest BCUT2D eigenvalue weighted by Gasteiger charge is -2.35. The normalized spacial score (nSPS) is 22.1. The van der Waals surface area contributed by atoms with E-state index in [0.29, 0.717) is 6.17 Å². The third-order valence-corrected chi connectivity index (χ3v) is 3.04. The topological polar surface area (TPSA) is 52.6 Å². The summed E-state index contributed by atoms with van der Waals surface area (Å²) < 4.78 is 0. The monoisotopic (exact) mass is 200 g/mol. The van der Waals surface area contributed by atoms with Crippen molar-refractivity contribution < 1.29 is 9.90 Å². The van der Waals surface area contributed by atoms with E-state index in [9.17, 15) is 4.79 Å². The van der Waals surface area contributed by atoms with Gasteiger partial charge in [0.25, 0.3) is 0 Å². The number of nitrogens with zero attached hydrogens (tertiary/aromatic N) is 1. The van der Waals surface area contributed by atoms with Gasteiger partial charge in [0, 0.05) is 13.1 Å². The van der Waals surface area contributed by atoms with E-state index in [1.54, 1.807) is 0 Å². The van der Waals surface area contributed by atoms with E-state index in [1.165, 1.54) is 0 Å². The van der Waals surface area contributed by atoms with Gasteiger partial charge in [0.2, 0.25) is 0 Å². The molecule has 0 spiro atoms. The van der Waals surface area contributed by atoms with Crippen LogP contribution in [-0.2, 0) is 4.79 Å². The highest BCUT2D eigenvalue weighted by molar-refractivity contribution is 5.70. The Morgan fingerprint density at radius 2 is 2.14 bits per heavy atom. The van der Waals surface area contributed by atoms with Crippen LogP contribution in [0.4, 0.5) is 0 Å². The summed E-state index contributed by atoms with van der Waals surface area (Å²) in [6.07, 6.45) is 3.04. The maximum Gasteiger partial charge on any atom is 0.306 e. The van der Waals surface area contributed by atoms with Crippen LogP contribution in [0.5, 0.6) is 0 Å². The zero-order chi connectivity index (χ0) is 10.6. The van der Waals surface area contributed by atoms with Gasteiger partial charge in [0.05, 0.1) is 12.1 Å². The number of piperidine rings is 1. The molecule has 0 saturated carbocycles. The van der Waals surface area contributed by atoms with E-state index >= 15 is 0 Å². The van der Waals surface area contributed by atoms with Gasteiger partial charge in [0.15, 0.2) is 0 Å². The quantitative estimate of drug-likeness (QED) is 0.702. The van der Waals surface area contributed by atoms with Gasteiger partial charge < -0.3 is 10.4 Å². The standard InChI is InChI=1S/C10H20N2O2/c1-3-9(11-2)12-6-4-8(5-7-12)10(13)14/h8-9,11H,3-7H2,1-2H3,(H,13,14). The second-order valence-corrected chi connectivity index (χ2v) is 3.86. The summed E-state index contributed by atoms with van der Waals surface area (Å²) in [5, 5.41) is 12.1. The van der Waals surface area contributed by atoms with E-state index in [0.717, 1.165) is 32.4 Å². The first kappa shape index (κ1) is 11.5. The van der Waals surface area contributed by atoms with E-state index < -0.39 is 5.97 Å². The van der Waals surface area contributed by atoms with Crippen LogP contribution in [0.2, 0.25) is 0 Å². The Morgan fingerprint density at radius 3 is 2.50 bits per heavy atom. The molecule has 1 atom stereocenters. The number of carbonyl (C=O) groups is 1. The number of carboxylic acids is 1. The molecular formula is C10H20N2O2. The first-order valence-corrected chi connectivity index (χ1v) is 5.33. The van der Waals surface area contributed by atoms with Crippen molar-refractivity contribution in [3.05, 3.63) is 0 Å². The Bertz CT molecular complexity index is 185. The molecule has 0 aromatic heterocycles. The molecule has 1 aliphatic heterocycles. The molecule has 1 heterocycles. The summed E-state index contributed by atoms with van der Waals surface area (Å²) in [5.74, 6) is -0.761. The smallest absolute Gasteiger partial charge is 0.306 e. The predicted molar refractivity (Wildman–Crippen MR) is 55.1 cm³/mol. The number of nitrogens with one attached hydrogen (secondary N) is 1. The van der Waals surface area contributed by atoms with Gasteiger partial charge in [-0.3, -0.25) is 9.69 Å². The average molecular weight is 200 g/mol. The fourth-order valence-corrected chi connectivity index (χ4v) is 2.10. The van der Waals surface area contributed by atoms with Gasteiger partial charge >= 0.3 is 5.97 Å². The molecule has 1 aliphatic rings.